The molecule has 0 saturated carbocycles. The third kappa shape index (κ3) is 3.21. The van der Waals surface area contributed by atoms with Crippen molar-refractivity contribution in [1.29, 1.82) is 5.26 Å². The summed E-state index contributed by atoms with van der Waals surface area (Å²) >= 11 is 0. The quantitative estimate of drug-likeness (QED) is 0.465. The second-order valence-electron chi connectivity index (χ2n) is 6.38. The molecule has 0 aliphatic carbocycles. The molecular formula is C18H17N5O4. The minimum absolute atomic E-state index is 0.150. The first kappa shape index (κ1) is 17.0. The van der Waals surface area contributed by atoms with Crippen LogP contribution in [0.4, 0.5) is 5.69 Å². The molecule has 9 nitrogen and oxygen atoms in total. The van der Waals surface area contributed by atoms with E-state index < -0.39 is 4.92 Å². The molecule has 0 saturated heterocycles. The van der Waals surface area contributed by atoms with Crippen molar-refractivity contribution in [3.05, 3.63) is 39.5 Å². The zero-order valence-electron chi connectivity index (χ0n) is 14.6. The number of allylic oxidation sites excluding steroid dienone is 1. The van der Waals surface area contributed by atoms with Crippen molar-refractivity contribution in [2.75, 3.05) is 13.2 Å². The lowest BCUT2D eigenvalue weighted by Gasteiger charge is -2.18. The van der Waals surface area contributed by atoms with Crippen molar-refractivity contribution in [1.82, 2.24) is 14.8 Å². The maximum atomic E-state index is 11.5. The third-order valence-electron chi connectivity index (χ3n) is 4.66. The Hall–Kier alpha value is -3.41. The van der Waals surface area contributed by atoms with Gasteiger partial charge in [-0.15, -0.1) is 10.2 Å². The average Bonchev–Trinajstić information content (AvgIpc) is 2.93. The van der Waals surface area contributed by atoms with Crippen LogP contribution in [-0.4, -0.2) is 32.9 Å². The minimum atomic E-state index is -0.497. The van der Waals surface area contributed by atoms with Crippen LogP contribution in [0.3, 0.4) is 0 Å². The molecule has 4 rings (SSSR count). The normalized spacial score (nSPS) is 16.2. The Morgan fingerprint density at radius 2 is 2.00 bits per heavy atom. The van der Waals surface area contributed by atoms with E-state index in [1.54, 1.807) is 0 Å². The van der Waals surface area contributed by atoms with Crippen molar-refractivity contribution >= 4 is 17.3 Å². The predicted molar refractivity (Wildman–Crippen MR) is 95.1 cm³/mol. The lowest BCUT2D eigenvalue weighted by Crippen LogP contribution is -2.15. The van der Waals surface area contributed by atoms with E-state index in [-0.39, 0.29) is 16.8 Å². The van der Waals surface area contributed by atoms with Crippen molar-refractivity contribution < 1.29 is 14.4 Å². The number of nitrogens with zero attached hydrogens (tertiary/aromatic N) is 5. The molecule has 0 atom stereocenters. The van der Waals surface area contributed by atoms with E-state index in [2.05, 4.69) is 16.3 Å². The predicted octanol–water partition coefficient (Wildman–Crippen LogP) is 2.75. The number of nitro benzene ring substituents is 1. The first-order valence-electron chi connectivity index (χ1n) is 8.79. The monoisotopic (exact) mass is 367 g/mol. The Morgan fingerprint density at radius 3 is 2.74 bits per heavy atom. The van der Waals surface area contributed by atoms with Crippen LogP contribution in [0.25, 0.3) is 11.6 Å². The third-order valence-corrected chi connectivity index (χ3v) is 4.66. The van der Waals surface area contributed by atoms with Gasteiger partial charge >= 0.3 is 0 Å². The number of nitriles is 1. The second kappa shape index (κ2) is 7.07. The Bertz CT molecular complexity index is 973. The van der Waals surface area contributed by atoms with E-state index >= 15 is 0 Å². The van der Waals surface area contributed by atoms with Crippen LogP contribution in [0.2, 0.25) is 0 Å². The fraction of sp³-hybridized carbons (Fsp3) is 0.389. The molecule has 3 heterocycles. The molecule has 2 aliphatic rings. The highest BCUT2D eigenvalue weighted by Crippen LogP contribution is 2.38. The summed E-state index contributed by atoms with van der Waals surface area (Å²) in [5, 5.41) is 29.5. The van der Waals surface area contributed by atoms with E-state index in [4.69, 9.17) is 9.47 Å². The van der Waals surface area contributed by atoms with E-state index in [1.165, 1.54) is 18.2 Å². The molecule has 0 amide bonds. The van der Waals surface area contributed by atoms with Crippen LogP contribution < -0.4 is 9.47 Å². The van der Waals surface area contributed by atoms with Gasteiger partial charge in [-0.2, -0.15) is 5.26 Å². The summed E-state index contributed by atoms with van der Waals surface area (Å²) < 4.78 is 12.9. The first-order valence-corrected chi connectivity index (χ1v) is 8.79. The largest absolute Gasteiger partial charge is 0.486 e. The molecule has 2 aromatic rings. The number of aryl methyl sites for hydroxylation is 1. The van der Waals surface area contributed by atoms with Gasteiger partial charge < -0.3 is 14.0 Å². The van der Waals surface area contributed by atoms with Crippen molar-refractivity contribution in [3.63, 3.8) is 0 Å². The van der Waals surface area contributed by atoms with E-state index in [0.717, 1.165) is 38.1 Å². The maximum absolute atomic E-state index is 11.5. The maximum Gasteiger partial charge on any atom is 0.280 e. The zero-order valence-corrected chi connectivity index (χ0v) is 14.6. The van der Waals surface area contributed by atoms with Crippen LogP contribution in [0.1, 0.15) is 36.5 Å². The Labute approximate surface area is 155 Å². The van der Waals surface area contributed by atoms with Gasteiger partial charge in [0.15, 0.2) is 17.3 Å². The number of hydrogen-bond acceptors (Lipinski definition) is 7. The smallest absolute Gasteiger partial charge is 0.280 e. The summed E-state index contributed by atoms with van der Waals surface area (Å²) in [6.45, 7) is 1.45. The van der Waals surface area contributed by atoms with Gasteiger partial charge in [0.2, 0.25) is 0 Å². The molecule has 0 bridgehead atoms. The highest BCUT2D eigenvalue weighted by molar-refractivity contribution is 5.89. The van der Waals surface area contributed by atoms with E-state index in [9.17, 15) is 15.4 Å². The molecule has 0 unspecified atom stereocenters. The SMILES string of the molecule is N#CC(=Cc1cc2c(cc1[N+](=O)[O-])OCCO2)c1nnc2n1CCCCC2. The lowest BCUT2D eigenvalue weighted by molar-refractivity contribution is -0.385. The molecule has 1 aromatic heterocycles. The van der Waals surface area contributed by atoms with Gasteiger partial charge in [0, 0.05) is 13.0 Å². The van der Waals surface area contributed by atoms with E-state index in [0.29, 0.717) is 30.5 Å². The molecule has 138 valence electrons. The van der Waals surface area contributed by atoms with Crippen LogP contribution >= 0.6 is 0 Å². The van der Waals surface area contributed by atoms with Crippen LogP contribution in [0.5, 0.6) is 11.5 Å². The summed E-state index contributed by atoms with van der Waals surface area (Å²) in [5.41, 5.74) is 0.352. The van der Waals surface area contributed by atoms with Gasteiger partial charge in [-0.3, -0.25) is 10.1 Å². The van der Waals surface area contributed by atoms with Crippen LogP contribution in [0, 0.1) is 21.4 Å². The number of benzene rings is 1. The van der Waals surface area contributed by atoms with Gasteiger partial charge in [0.05, 0.1) is 22.1 Å². The molecular weight excluding hydrogens is 350 g/mol. The van der Waals surface area contributed by atoms with Gasteiger partial charge in [-0.1, -0.05) is 6.42 Å². The molecule has 0 spiro atoms. The van der Waals surface area contributed by atoms with Gasteiger partial charge in [0.1, 0.15) is 25.1 Å². The summed E-state index contributed by atoms with van der Waals surface area (Å²) in [7, 11) is 0. The number of hydrogen-bond donors (Lipinski definition) is 0. The molecule has 2 aliphatic heterocycles. The Morgan fingerprint density at radius 1 is 1.22 bits per heavy atom. The van der Waals surface area contributed by atoms with E-state index in [1.807, 2.05) is 4.57 Å². The fourth-order valence-electron chi connectivity index (χ4n) is 3.35. The van der Waals surface area contributed by atoms with Gasteiger partial charge in [-0.05, 0) is 25.0 Å². The Kier molecular flexibility index (Phi) is 4.46. The molecule has 0 fully saturated rings. The molecule has 0 N–H and O–H groups in total. The zero-order chi connectivity index (χ0) is 18.8. The molecule has 1 aromatic carbocycles. The number of ether oxygens (including phenoxy) is 2. The molecule has 0 radical (unpaired) electrons. The second-order valence-corrected chi connectivity index (χ2v) is 6.38. The van der Waals surface area contributed by atoms with Crippen LogP contribution in [-0.2, 0) is 13.0 Å². The standard InChI is InChI=1S/C18H17N5O4/c19-11-13(18-21-20-17-4-2-1-3-5-22(17)18)8-12-9-15-16(27-7-6-26-15)10-14(12)23(24)25/h8-10H,1-7H2. The number of nitro groups is 1. The Balaban J connectivity index is 1.81. The number of rotatable bonds is 3. The highest BCUT2D eigenvalue weighted by atomic mass is 16.6. The summed E-state index contributed by atoms with van der Waals surface area (Å²) in [5.74, 6) is 2.05. The minimum Gasteiger partial charge on any atom is -0.486 e. The number of fused-ring (bicyclic) bond motifs is 2. The van der Waals surface area contributed by atoms with Crippen molar-refractivity contribution in [2.24, 2.45) is 0 Å². The van der Waals surface area contributed by atoms with Gasteiger partial charge in [0.25, 0.3) is 5.69 Å². The van der Waals surface area contributed by atoms with Gasteiger partial charge in [-0.25, -0.2) is 0 Å². The summed E-state index contributed by atoms with van der Waals surface area (Å²) in [6, 6.07) is 4.98. The number of aromatic nitrogens is 3. The van der Waals surface area contributed by atoms with Crippen molar-refractivity contribution in [3.8, 4) is 17.6 Å². The highest BCUT2D eigenvalue weighted by Gasteiger charge is 2.23. The summed E-state index contributed by atoms with van der Waals surface area (Å²) in [4.78, 5) is 11.0. The lowest BCUT2D eigenvalue weighted by atomic mass is 10.1. The molecule has 9 heteroatoms. The fourth-order valence-corrected chi connectivity index (χ4v) is 3.35. The summed E-state index contributed by atoms with van der Waals surface area (Å²) in [6.07, 6.45) is 5.41. The molecule has 27 heavy (non-hydrogen) atoms. The van der Waals surface area contributed by atoms with Crippen molar-refractivity contribution in [2.45, 2.75) is 32.2 Å². The topological polar surface area (TPSA) is 116 Å². The van der Waals surface area contributed by atoms with Crippen LogP contribution in [0.15, 0.2) is 12.1 Å². The first-order chi connectivity index (χ1) is 13.2. The average molecular weight is 367 g/mol.